The molecule has 106 valence electrons. The molecule has 0 radical (unpaired) electrons. The van der Waals surface area contributed by atoms with Crippen molar-refractivity contribution in [1.82, 2.24) is 4.90 Å². The molecule has 1 unspecified atom stereocenters. The SMILES string of the molecule is C=CCN(C(=O)C(Cl)Cl)C(OCC)OCCCC. The summed E-state index contributed by atoms with van der Waals surface area (Å²) < 4.78 is 10.9. The van der Waals surface area contributed by atoms with Gasteiger partial charge in [0.15, 0.2) is 4.84 Å². The second-order valence-electron chi connectivity index (χ2n) is 3.57. The highest BCUT2D eigenvalue weighted by atomic mass is 35.5. The van der Waals surface area contributed by atoms with Gasteiger partial charge in [0, 0.05) is 13.2 Å². The van der Waals surface area contributed by atoms with Crippen LogP contribution in [0.25, 0.3) is 0 Å². The van der Waals surface area contributed by atoms with Crippen molar-refractivity contribution in [3.63, 3.8) is 0 Å². The van der Waals surface area contributed by atoms with Crippen LogP contribution in [0.15, 0.2) is 12.7 Å². The molecular formula is C12H21Cl2NO3. The smallest absolute Gasteiger partial charge is 0.260 e. The number of hydrogen-bond donors (Lipinski definition) is 0. The third kappa shape index (κ3) is 6.59. The van der Waals surface area contributed by atoms with Crippen molar-refractivity contribution >= 4 is 29.1 Å². The zero-order chi connectivity index (χ0) is 14.0. The van der Waals surface area contributed by atoms with E-state index in [-0.39, 0.29) is 6.54 Å². The Hall–Kier alpha value is -0.290. The number of ether oxygens (including phenoxy) is 2. The number of hydrogen-bond acceptors (Lipinski definition) is 3. The Morgan fingerprint density at radius 1 is 1.39 bits per heavy atom. The van der Waals surface area contributed by atoms with Gasteiger partial charge in [-0.2, -0.15) is 0 Å². The highest BCUT2D eigenvalue weighted by Crippen LogP contribution is 2.13. The van der Waals surface area contributed by atoms with Crippen LogP contribution in [0, 0.1) is 0 Å². The molecule has 0 aliphatic heterocycles. The largest absolute Gasteiger partial charge is 0.335 e. The normalized spacial score (nSPS) is 12.5. The zero-order valence-electron chi connectivity index (χ0n) is 10.9. The predicted molar refractivity (Wildman–Crippen MR) is 73.7 cm³/mol. The van der Waals surface area contributed by atoms with E-state index < -0.39 is 17.2 Å². The van der Waals surface area contributed by atoms with Crippen molar-refractivity contribution < 1.29 is 14.3 Å². The Balaban J connectivity index is 4.63. The first-order chi connectivity index (χ1) is 8.58. The highest BCUT2D eigenvalue weighted by Gasteiger charge is 2.27. The molecule has 0 N–H and O–H groups in total. The summed E-state index contributed by atoms with van der Waals surface area (Å²) in [6.45, 7) is 8.67. The molecule has 0 heterocycles. The van der Waals surface area contributed by atoms with Crippen LogP contribution in [0.4, 0.5) is 0 Å². The van der Waals surface area contributed by atoms with Crippen molar-refractivity contribution in [3.05, 3.63) is 12.7 Å². The van der Waals surface area contributed by atoms with Gasteiger partial charge in [-0.25, -0.2) is 0 Å². The Morgan fingerprint density at radius 3 is 2.50 bits per heavy atom. The van der Waals surface area contributed by atoms with E-state index in [9.17, 15) is 4.79 Å². The molecule has 1 atom stereocenters. The second kappa shape index (κ2) is 10.6. The average Bonchev–Trinajstić information content (AvgIpc) is 2.34. The molecule has 1 amide bonds. The van der Waals surface area contributed by atoms with Gasteiger partial charge in [-0.05, 0) is 13.3 Å². The minimum absolute atomic E-state index is 0.269. The number of carbonyl (C=O) groups excluding carboxylic acids is 1. The highest BCUT2D eigenvalue weighted by molar-refractivity contribution is 6.53. The molecule has 4 nitrogen and oxygen atoms in total. The van der Waals surface area contributed by atoms with Gasteiger partial charge in [-0.3, -0.25) is 9.69 Å². The van der Waals surface area contributed by atoms with Crippen LogP contribution in [0.3, 0.4) is 0 Å². The summed E-state index contributed by atoms with van der Waals surface area (Å²) in [7, 11) is 0. The van der Waals surface area contributed by atoms with Crippen LogP contribution in [-0.4, -0.2) is 41.8 Å². The number of carbonyl (C=O) groups is 1. The number of rotatable bonds is 10. The molecule has 0 bridgehead atoms. The number of alkyl halides is 2. The zero-order valence-corrected chi connectivity index (χ0v) is 12.4. The fraction of sp³-hybridized carbons (Fsp3) is 0.750. The molecular weight excluding hydrogens is 277 g/mol. The molecule has 0 saturated heterocycles. The predicted octanol–water partition coefficient (Wildman–Crippen LogP) is 2.94. The Morgan fingerprint density at radius 2 is 2.06 bits per heavy atom. The van der Waals surface area contributed by atoms with Crippen LogP contribution < -0.4 is 0 Å². The third-order valence-electron chi connectivity index (χ3n) is 2.12. The molecule has 0 rings (SSSR count). The van der Waals surface area contributed by atoms with E-state index in [2.05, 4.69) is 13.5 Å². The maximum Gasteiger partial charge on any atom is 0.260 e. The number of amides is 1. The third-order valence-corrected chi connectivity index (χ3v) is 2.49. The van der Waals surface area contributed by atoms with E-state index in [1.807, 2.05) is 6.92 Å². The van der Waals surface area contributed by atoms with Gasteiger partial charge in [0.2, 0.25) is 6.41 Å². The average molecular weight is 298 g/mol. The van der Waals surface area contributed by atoms with E-state index in [0.29, 0.717) is 13.2 Å². The van der Waals surface area contributed by atoms with Crippen LogP contribution in [-0.2, 0) is 14.3 Å². The van der Waals surface area contributed by atoms with E-state index in [1.165, 1.54) is 4.90 Å². The summed E-state index contributed by atoms with van der Waals surface area (Å²) in [6.07, 6.45) is 2.70. The number of unbranched alkanes of at least 4 members (excludes halogenated alkanes) is 1. The second-order valence-corrected chi connectivity index (χ2v) is 4.66. The molecule has 0 aromatic heterocycles. The fourth-order valence-electron chi connectivity index (χ4n) is 1.24. The van der Waals surface area contributed by atoms with Crippen molar-refractivity contribution in [2.24, 2.45) is 0 Å². The maximum absolute atomic E-state index is 11.8. The van der Waals surface area contributed by atoms with E-state index >= 15 is 0 Å². The molecule has 0 fully saturated rings. The van der Waals surface area contributed by atoms with E-state index in [1.54, 1.807) is 6.08 Å². The molecule has 0 saturated carbocycles. The first-order valence-corrected chi connectivity index (χ1v) is 6.88. The van der Waals surface area contributed by atoms with Crippen LogP contribution >= 0.6 is 23.2 Å². The van der Waals surface area contributed by atoms with Gasteiger partial charge in [0.05, 0.1) is 6.61 Å². The molecule has 0 aliphatic carbocycles. The van der Waals surface area contributed by atoms with Crippen molar-refractivity contribution in [2.45, 2.75) is 37.9 Å². The number of nitrogens with zero attached hydrogens (tertiary/aromatic N) is 1. The van der Waals surface area contributed by atoms with Gasteiger partial charge in [0.1, 0.15) is 0 Å². The molecule has 0 spiro atoms. The summed E-state index contributed by atoms with van der Waals surface area (Å²) in [5, 5.41) is 0. The first-order valence-electron chi connectivity index (χ1n) is 6.01. The standard InChI is InChI=1S/C12H21Cl2NO3/c1-4-7-9-18-12(17-6-3)15(8-5-2)11(16)10(13)14/h5,10,12H,2,4,6-9H2,1,3H3. The minimum Gasteiger partial charge on any atom is -0.335 e. The van der Waals surface area contributed by atoms with E-state index in [4.69, 9.17) is 32.7 Å². The molecule has 0 aliphatic rings. The van der Waals surface area contributed by atoms with Crippen LogP contribution in [0.5, 0.6) is 0 Å². The summed E-state index contributed by atoms with van der Waals surface area (Å²) in [4.78, 5) is 12.0. The summed E-state index contributed by atoms with van der Waals surface area (Å²) >= 11 is 11.2. The van der Waals surface area contributed by atoms with Crippen molar-refractivity contribution in [2.75, 3.05) is 19.8 Å². The van der Waals surface area contributed by atoms with Crippen molar-refractivity contribution in [3.8, 4) is 0 Å². The van der Waals surface area contributed by atoms with Crippen LogP contribution in [0.1, 0.15) is 26.7 Å². The monoisotopic (exact) mass is 297 g/mol. The Bertz CT molecular complexity index is 249. The van der Waals surface area contributed by atoms with Gasteiger partial charge in [-0.1, -0.05) is 42.6 Å². The summed E-state index contributed by atoms with van der Waals surface area (Å²) in [5.74, 6) is -0.451. The van der Waals surface area contributed by atoms with Crippen molar-refractivity contribution in [1.29, 1.82) is 0 Å². The minimum atomic E-state index is -1.14. The fourth-order valence-corrected chi connectivity index (χ4v) is 1.49. The Labute approximate surface area is 119 Å². The Kier molecular flexibility index (Phi) is 10.4. The van der Waals surface area contributed by atoms with E-state index in [0.717, 1.165) is 12.8 Å². The number of halogens is 2. The molecule has 6 heteroatoms. The summed E-state index contributed by atoms with van der Waals surface area (Å²) in [6, 6.07) is 0. The van der Waals surface area contributed by atoms with Gasteiger partial charge < -0.3 is 9.47 Å². The lowest BCUT2D eigenvalue weighted by Crippen LogP contribution is -2.46. The lowest BCUT2D eigenvalue weighted by Gasteiger charge is -2.30. The lowest BCUT2D eigenvalue weighted by atomic mass is 10.4. The quantitative estimate of drug-likeness (QED) is 0.269. The first kappa shape index (κ1) is 17.7. The molecule has 18 heavy (non-hydrogen) atoms. The summed E-state index contributed by atoms with van der Waals surface area (Å²) in [5.41, 5.74) is 0. The lowest BCUT2D eigenvalue weighted by molar-refractivity contribution is -0.219. The molecule has 0 aromatic carbocycles. The maximum atomic E-state index is 11.8. The van der Waals surface area contributed by atoms with Gasteiger partial charge in [0.25, 0.3) is 5.91 Å². The molecule has 0 aromatic rings. The topological polar surface area (TPSA) is 38.8 Å². The van der Waals surface area contributed by atoms with Gasteiger partial charge >= 0.3 is 0 Å². The van der Waals surface area contributed by atoms with Gasteiger partial charge in [-0.15, -0.1) is 6.58 Å². The van der Waals surface area contributed by atoms with Crippen LogP contribution in [0.2, 0.25) is 0 Å².